The molecule has 0 aliphatic carbocycles. The summed E-state index contributed by atoms with van der Waals surface area (Å²) in [6, 6.07) is 0.743. The van der Waals surface area contributed by atoms with Crippen molar-refractivity contribution in [3.05, 3.63) is 5.32 Å². The molecule has 1 heterocycles. The van der Waals surface area contributed by atoms with Crippen molar-refractivity contribution < 1.29 is 22.4 Å². The Morgan fingerprint density at radius 1 is 1.33 bits per heavy atom. The summed E-state index contributed by atoms with van der Waals surface area (Å²) in [5, 5.41) is 7.48. The molecule has 0 aromatic carbocycles. The van der Waals surface area contributed by atoms with Crippen molar-refractivity contribution in [3.63, 3.8) is 0 Å². The molecule has 0 saturated carbocycles. The van der Waals surface area contributed by atoms with Crippen molar-refractivity contribution >= 4 is 0 Å². The second-order valence-electron chi connectivity index (χ2n) is 2.23. The van der Waals surface area contributed by atoms with E-state index >= 15 is 0 Å². The molecule has 9 heavy (non-hydrogen) atoms. The minimum absolute atomic E-state index is 0. The van der Waals surface area contributed by atoms with Gasteiger partial charge in [-0.1, -0.05) is 12.8 Å². The first-order valence-electron chi connectivity index (χ1n) is 3.24. The van der Waals surface area contributed by atoms with E-state index in [9.17, 15) is 0 Å². The third kappa shape index (κ3) is 3.38. The summed E-state index contributed by atoms with van der Waals surface area (Å²) in [6.07, 6.45) is 2.47. The van der Waals surface area contributed by atoms with E-state index in [-0.39, 0.29) is 22.4 Å². The molecule has 1 rings (SSSR count). The van der Waals surface area contributed by atoms with Crippen LogP contribution in [0.2, 0.25) is 0 Å². The number of hydrogen-bond acceptors (Lipinski definition) is 1. The molecular formula is C6H13AgN2. The maximum atomic E-state index is 4.24. The van der Waals surface area contributed by atoms with Gasteiger partial charge in [-0.2, -0.15) is 0 Å². The monoisotopic (exact) mass is 220 g/mol. The third-order valence-electron chi connectivity index (χ3n) is 1.68. The Labute approximate surface area is 72.3 Å². The van der Waals surface area contributed by atoms with Gasteiger partial charge in [-0.05, 0) is 7.05 Å². The molecule has 0 amide bonds. The molecule has 0 unspecified atom stereocenters. The standard InChI is InChI=1S/C6H13N2.Ag/c1-7-6-2-4-8-5-3-6;/h6-7H,2-5H2,1H3;/q-1;+1. The molecule has 0 radical (unpaired) electrons. The molecule has 58 valence electrons. The van der Waals surface area contributed by atoms with Gasteiger partial charge in [0.1, 0.15) is 0 Å². The summed E-state index contributed by atoms with van der Waals surface area (Å²) in [4.78, 5) is 0. The topological polar surface area (TPSA) is 26.1 Å². The molecule has 0 aromatic heterocycles. The molecule has 1 saturated heterocycles. The van der Waals surface area contributed by atoms with Crippen LogP contribution in [0.4, 0.5) is 0 Å². The van der Waals surface area contributed by atoms with Gasteiger partial charge >= 0.3 is 22.4 Å². The van der Waals surface area contributed by atoms with E-state index < -0.39 is 0 Å². The van der Waals surface area contributed by atoms with E-state index in [0.717, 1.165) is 19.1 Å². The van der Waals surface area contributed by atoms with E-state index in [2.05, 4.69) is 10.6 Å². The van der Waals surface area contributed by atoms with Crippen LogP contribution in [0.1, 0.15) is 12.8 Å². The number of nitrogens with zero attached hydrogens (tertiary/aromatic N) is 1. The van der Waals surface area contributed by atoms with Crippen LogP contribution in [0.5, 0.6) is 0 Å². The fourth-order valence-corrected chi connectivity index (χ4v) is 1.04. The predicted octanol–water partition coefficient (Wildman–Crippen LogP) is 0.739. The number of hydrogen-bond donors (Lipinski definition) is 1. The van der Waals surface area contributed by atoms with Crippen LogP contribution in [0, 0.1) is 0 Å². The normalized spacial score (nSPS) is 21.0. The van der Waals surface area contributed by atoms with Gasteiger partial charge in [0.05, 0.1) is 0 Å². The maximum absolute atomic E-state index is 4.24. The maximum Gasteiger partial charge on any atom is 1.00 e. The fourth-order valence-electron chi connectivity index (χ4n) is 1.04. The molecule has 2 nitrogen and oxygen atoms in total. The van der Waals surface area contributed by atoms with Gasteiger partial charge in [-0.3, -0.25) is 0 Å². The number of rotatable bonds is 1. The van der Waals surface area contributed by atoms with Gasteiger partial charge < -0.3 is 10.6 Å². The minimum Gasteiger partial charge on any atom is -0.662 e. The Bertz CT molecular complexity index is 62.1. The van der Waals surface area contributed by atoms with Gasteiger partial charge in [-0.15, -0.1) is 13.1 Å². The van der Waals surface area contributed by atoms with Crippen LogP contribution >= 0.6 is 0 Å². The first-order chi connectivity index (χ1) is 3.93. The van der Waals surface area contributed by atoms with Crippen LogP contribution in [0.25, 0.3) is 5.32 Å². The van der Waals surface area contributed by atoms with Gasteiger partial charge in [-0.25, -0.2) is 0 Å². The van der Waals surface area contributed by atoms with Gasteiger partial charge in [0.2, 0.25) is 0 Å². The second-order valence-corrected chi connectivity index (χ2v) is 2.23. The third-order valence-corrected chi connectivity index (χ3v) is 1.68. The van der Waals surface area contributed by atoms with Crippen molar-refractivity contribution in [1.82, 2.24) is 5.32 Å². The van der Waals surface area contributed by atoms with Crippen molar-refractivity contribution in [3.8, 4) is 0 Å². The van der Waals surface area contributed by atoms with Crippen molar-refractivity contribution in [2.75, 3.05) is 20.1 Å². The van der Waals surface area contributed by atoms with Crippen molar-refractivity contribution in [2.45, 2.75) is 18.9 Å². The fraction of sp³-hybridized carbons (Fsp3) is 1.00. The van der Waals surface area contributed by atoms with Crippen LogP contribution < -0.4 is 5.32 Å². The van der Waals surface area contributed by atoms with Crippen LogP contribution in [0.15, 0.2) is 0 Å². The Hall–Kier alpha value is 0.660. The zero-order valence-corrected chi connectivity index (χ0v) is 7.14. The average molecular weight is 221 g/mol. The van der Waals surface area contributed by atoms with E-state index in [1.54, 1.807) is 0 Å². The summed E-state index contributed by atoms with van der Waals surface area (Å²) in [6.45, 7) is 2.12. The Morgan fingerprint density at radius 3 is 2.22 bits per heavy atom. The van der Waals surface area contributed by atoms with Crippen molar-refractivity contribution in [1.29, 1.82) is 0 Å². The molecule has 3 heteroatoms. The number of nitrogens with one attached hydrogen (secondary N) is 1. The first-order valence-corrected chi connectivity index (χ1v) is 3.24. The molecule has 1 aliphatic rings. The minimum atomic E-state index is 0. The van der Waals surface area contributed by atoms with Gasteiger partial charge in [0.25, 0.3) is 0 Å². The summed E-state index contributed by atoms with van der Waals surface area (Å²) in [5.41, 5.74) is 0. The smallest absolute Gasteiger partial charge is 0.662 e. The van der Waals surface area contributed by atoms with Gasteiger partial charge in [0.15, 0.2) is 0 Å². The zero-order valence-electron chi connectivity index (χ0n) is 5.65. The first kappa shape index (κ1) is 9.66. The van der Waals surface area contributed by atoms with E-state index in [1.807, 2.05) is 7.05 Å². The van der Waals surface area contributed by atoms with E-state index in [1.165, 1.54) is 12.8 Å². The quantitative estimate of drug-likeness (QED) is 0.649. The zero-order chi connectivity index (χ0) is 5.82. The molecule has 0 atom stereocenters. The molecule has 0 spiro atoms. The Kier molecular flexibility index (Phi) is 5.85. The summed E-state index contributed by atoms with van der Waals surface area (Å²) in [5.74, 6) is 0. The second kappa shape index (κ2) is 5.45. The summed E-state index contributed by atoms with van der Waals surface area (Å²) < 4.78 is 0. The van der Waals surface area contributed by atoms with Crippen molar-refractivity contribution in [2.24, 2.45) is 0 Å². The molecule has 0 aromatic rings. The largest absolute Gasteiger partial charge is 1.00 e. The van der Waals surface area contributed by atoms with E-state index in [4.69, 9.17) is 0 Å². The summed E-state index contributed by atoms with van der Waals surface area (Å²) in [7, 11) is 2.02. The molecular weight excluding hydrogens is 208 g/mol. The average Bonchev–Trinajstić information content (AvgIpc) is 1.90. The SMILES string of the molecule is CNC1CC[N-]CC1.[Ag+]. The predicted molar refractivity (Wildman–Crippen MR) is 35.2 cm³/mol. The molecule has 1 aliphatic heterocycles. The summed E-state index contributed by atoms with van der Waals surface area (Å²) >= 11 is 0. The number of piperidine rings is 1. The Balaban J connectivity index is 0.000000640. The van der Waals surface area contributed by atoms with Crippen LogP contribution in [-0.2, 0) is 22.4 Å². The molecule has 1 fully saturated rings. The molecule has 0 bridgehead atoms. The van der Waals surface area contributed by atoms with Gasteiger partial charge in [0, 0.05) is 6.04 Å². The van der Waals surface area contributed by atoms with Crippen LogP contribution in [0.3, 0.4) is 0 Å². The van der Waals surface area contributed by atoms with Crippen LogP contribution in [-0.4, -0.2) is 26.2 Å². The Morgan fingerprint density at radius 2 is 1.89 bits per heavy atom. The van der Waals surface area contributed by atoms with E-state index in [0.29, 0.717) is 0 Å². The molecule has 1 N–H and O–H groups in total.